The van der Waals surface area contributed by atoms with Crippen molar-refractivity contribution in [3.05, 3.63) is 52.7 Å². The van der Waals surface area contributed by atoms with Gasteiger partial charge in [-0.15, -0.1) is 11.3 Å². The van der Waals surface area contributed by atoms with Crippen LogP contribution in [0.3, 0.4) is 0 Å². The van der Waals surface area contributed by atoms with Crippen molar-refractivity contribution in [2.24, 2.45) is 5.92 Å². The molecule has 1 atom stereocenters. The van der Waals surface area contributed by atoms with Gasteiger partial charge in [0.1, 0.15) is 0 Å². The quantitative estimate of drug-likeness (QED) is 0.603. The monoisotopic (exact) mass is 373 g/mol. The molecule has 0 aliphatic heterocycles. The Morgan fingerprint density at radius 1 is 1.04 bits per heavy atom. The second kappa shape index (κ2) is 10.6. The third kappa shape index (κ3) is 6.19. The lowest BCUT2D eigenvalue weighted by Gasteiger charge is -2.25. The van der Waals surface area contributed by atoms with Gasteiger partial charge in [0.2, 0.25) is 5.91 Å². The van der Waals surface area contributed by atoms with E-state index < -0.39 is 0 Å². The maximum Gasteiger partial charge on any atom is 0.319 e. The molecule has 0 radical (unpaired) electrons. The van der Waals surface area contributed by atoms with E-state index in [2.05, 4.69) is 35.9 Å². The largest absolute Gasteiger partial charge is 0.348 e. The summed E-state index contributed by atoms with van der Waals surface area (Å²) in [5, 5.41) is 10.6. The number of hydrogen-bond donors (Lipinski definition) is 3. The molecule has 0 saturated carbocycles. The van der Waals surface area contributed by atoms with E-state index in [0.29, 0.717) is 12.5 Å². The molecule has 0 aliphatic carbocycles. The molecule has 3 amide bonds. The summed E-state index contributed by atoms with van der Waals surface area (Å²) in [4.78, 5) is 25.4. The Bertz CT molecular complexity index is 670. The van der Waals surface area contributed by atoms with Gasteiger partial charge in [0, 0.05) is 23.5 Å². The number of hydrogen-bond acceptors (Lipinski definition) is 3. The lowest BCUT2D eigenvalue weighted by Crippen LogP contribution is -2.36. The van der Waals surface area contributed by atoms with Crippen LogP contribution in [0.15, 0.2) is 47.8 Å². The molecule has 6 heteroatoms. The van der Waals surface area contributed by atoms with Gasteiger partial charge >= 0.3 is 6.03 Å². The molecule has 0 spiro atoms. The Kier molecular flexibility index (Phi) is 8.15. The highest BCUT2D eigenvalue weighted by molar-refractivity contribution is 7.10. The molecule has 1 unspecified atom stereocenters. The number of nitrogens with one attached hydrogen (secondary N) is 3. The third-order valence-corrected chi connectivity index (χ3v) is 5.31. The molecular weight excluding hydrogens is 346 g/mol. The standard InChI is InChI=1S/C20H27N3O2S/c1-3-15(4-2)19(17-11-8-14-26-17)23-18(24)12-13-21-20(25)22-16-9-6-5-7-10-16/h5-11,14-15,19H,3-4,12-13H2,1-2H3,(H,23,24)(H2,21,22,25). The molecule has 5 nitrogen and oxygen atoms in total. The van der Waals surface area contributed by atoms with E-state index in [0.717, 1.165) is 18.5 Å². The van der Waals surface area contributed by atoms with Crippen molar-refractivity contribution < 1.29 is 9.59 Å². The molecule has 3 N–H and O–H groups in total. The normalized spacial score (nSPS) is 11.8. The van der Waals surface area contributed by atoms with Crippen molar-refractivity contribution in [2.45, 2.75) is 39.2 Å². The highest BCUT2D eigenvalue weighted by Gasteiger charge is 2.23. The molecule has 1 aromatic carbocycles. The van der Waals surface area contributed by atoms with Crippen molar-refractivity contribution in [3.8, 4) is 0 Å². The summed E-state index contributed by atoms with van der Waals surface area (Å²) in [5.41, 5.74) is 0.723. The van der Waals surface area contributed by atoms with Crippen molar-refractivity contribution >= 4 is 29.0 Å². The minimum atomic E-state index is -0.307. The molecule has 1 heterocycles. The maximum absolute atomic E-state index is 12.3. The first-order valence-corrected chi connectivity index (χ1v) is 9.94. The third-order valence-electron chi connectivity index (χ3n) is 4.36. The van der Waals surface area contributed by atoms with Crippen LogP contribution in [0.2, 0.25) is 0 Å². The average Bonchev–Trinajstić information content (AvgIpc) is 3.17. The molecule has 2 rings (SSSR count). The topological polar surface area (TPSA) is 70.2 Å². The predicted octanol–water partition coefficient (Wildman–Crippen LogP) is 4.55. The van der Waals surface area contributed by atoms with Crippen LogP contribution >= 0.6 is 11.3 Å². The lowest BCUT2D eigenvalue weighted by atomic mass is 9.93. The Hall–Kier alpha value is -2.34. The molecule has 26 heavy (non-hydrogen) atoms. The molecule has 1 aromatic heterocycles. The van der Waals surface area contributed by atoms with Crippen molar-refractivity contribution in [2.75, 3.05) is 11.9 Å². The van der Waals surface area contributed by atoms with Gasteiger partial charge in [-0.3, -0.25) is 4.79 Å². The van der Waals surface area contributed by atoms with E-state index in [4.69, 9.17) is 0 Å². The van der Waals surface area contributed by atoms with Gasteiger partial charge in [-0.05, 0) is 29.5 Å². The van der Waals surface area contributed by atoms with Gasteiger partial charge in [-0.25, -0.2) is 4.79 Å². The first kappa shape index (κ1) is 20.0. The molecular formula is C20H27N3O2S. The van der Waals surface area contributed by atoms with Crippen LogP contribution in [0.4, 0.5) is 10.5 Å². The van der Waals surface area contributed by atoms with E-state index >= 15 is 0 Å². The van der Waals surface area contributed by atoms with Crippen LogP contribution in [0, 0.1) is 5.92 Å². The number of anilines is 1. The molecule has 2 aromatic rings. The fourth-order valence-corrected chi connectivity index (χ4v) is 3.75. The van der Waals surface area contributed by atoms with E-state index in [-0.39, 0.29) is 24.4 Å². The number of urea groups is 1. The number of benzene rings is 1. The average molecular weight is 374 g/mol. The number of para-hydroxylation sites is 1. The van der Waals surface area contributed by atoms with Crippen LogP contribution in [0.25, 0.3) is 0 Å². The van der Waals surface area contributed by atoms with Gasteiger partial charge in [-0.2, -0.15) is 0 Å². The van der Waals surface area contributed by atoms with E-state index in [1.165, 1.54) is 4.88 Å². The summed E-state index contributed by atoms with van der Waals surface area (Å²) in [6, 6.07) is 13.0. The molecule has 0 fully saturated rings. The summed E-state index contributed by atoms with van der Waals surface area (Å²) >= 11 is 1.67. The number of amides is 3. The Labute approximate surface area is 159 Å². The minimum absolute atomic E-state index is 0.0376. The second-order valence-electron chi connectivity index (χ2n) is 6.13. The number of carbonyl (C=O) groups is 2. The Morgan fingerprint density at radius 3 is 2.38 bits per heavy atom. The van der Waals surface area contributed by atoms with Gasteiger partial charge in [-0.1, -0.05) is 51.0 Å². The summed E-state index contributed by atoms with van der Waals surface area (Å²) in [7, 11) is 0. The highest BCUT2D eigenvalue weighted by Crippen LogP contribution is 2.30. The zero-order chi connectivity index (χ0) is 18.8. The molecule has 0 aliphatic rings. The van der Waals surface area contributed by atoms with E-state index in [9.17, 15) is 9.59 Å². The molecule has 0 saturated heterocycles. The second-order valence-corrected chi connectivity index (χ2v) is 7.11. The predicted molar refractivity (Wildman–Crippen MR) is 107 cm³/mol. The summed E-state index contributed by atoms with van der Waals surface area (Å²) in [6.45, 7) is 4.59. The number of rotatable bonds is 9. The summed E-state index contributed by atoms with van der Waals surface area (Å²) in [6.07, 6.45) is 2.28. The zero-order valence-electron chi connectivity index (χ0n) is 15.3. The number of carbonyl (C=O) groups excluding carboxylic acids is 2. The van der Waals surface area contributed by atoms with Crippen LogP contribution in [0.5, 0.6) is 0 Å². The van der Waals surface area contributed by atoms with Crippen molar-refractivity contribution in [1.82, 2.24) is 10.6 Å². The first-order chi connectivity index (χ1) is 12.6. The summed E-state index contributed by atoms with van der Waals surface area (Å²) in [5.74, 6) is 0.363. The fourth-order valence-electron chi connectivity index (χ4n) is 2.88. The first-order valence-electron chi connectivity index (χ1n) is 9.06. The molecule has 140 valence electrons. The lowest BCUT2D eigenvalue weighted by molar-refractivity contribution is -0.122. The van der Waals surface area contributed by atoms with Crippen LogP contribution in [0.1, 0.15) is 44.0 Å². The zero-order valence-corrected chi connectivity index (χ0v) is 16.1. The van der Waals surface area contributed by atoms with Gasteiger partial charge in [0.25, 0.3) is 0 Å². The SMILES string of the molecule is CCC(CC)C(NC(=O)CCNC(=O)Nc1ccccc1)c1cccs1. The summed E-state index contributed by atoms with van der Waals surface area (Å²) < 4.78 is 0. The molecule has 0 bridgehead atoms. The highest BCUT2D eigenvalue weighted by atomic mass is 32.1. The van der Waals surface area contributed by atoms with E-state index in [1.54, 1.807) is 11.3 Å². The maximum atomic E-state index is 12.3. The Balaban J connectivity index is 1.80. The van der Waals surface area contributed by atoms with Gasteiger partial charge in [0.15, 0.2) is 0 Å². The smallest absolute Gasteiger partial charge is 0.319 e. The van der Waals surface area contributed by atoms with Crippen LogP contribution in [-0.2, 0) is 4.79 Å². The van der Waals surface area contributed by atoms with E-state index in [1.807, 2.05) is 41.8 Å². The van der Waals surface area contributed by atoms with Gasteiger partial charge < -0.3 is 16.0 Å². The van der Waals surface area contributed by atoms with Crippen molar-refractivity contribution in [1.29, 1.82) is 0 Å². The number of thiophene rings is 1. The fraction of sp³-hybridized carbons (Fsp3) is 0.400. The van der Waals surface area contributed by atoms with Crippen LogP contribution in [-0.4, -0.2) is 18.5 Å². The van der Waals surface area contributed by atoms with Crippen LogP contribution < -0.4 is 16.0 Å². The van der Waals surface area contributed by atoms with Crippen molar-refractivity contribution in [3.63, 3.8) is 0 Å². The Morgan fingerprint density at radius 2 is 1.77 bits per heavy atom. The van der Waals surface area contributed by atoms with Gasteiger partial charge in [0.05, 0.1) is 6.04 Å². The minimum Gasteiger partial charge on any atom is -0.348 e.